The van der Waals surface area contributed by atoms with E-state index in [1.165, 1.54) is 12.1 Å². The molecule has 2 aromatic rings. The molecule has 0 radical (unpaired) electrons. The van der Waals surface area contributed by atoms with Crippen LogP contribution in [0, 0.1) is 12.7 Å². The third kappa shape index (κ3) is 3.58. The standard InChI is InChI=1S/C15H15BrClFN2/c1-9-13(3-2-4-14(9)17)15(20-19)7-10-5-11(16)8-12(18)6-10/h2-6,8,15,20H,7,19H2,1H3. The molecular weight excluding hydrogens is 343 g/mol. The third-order valence-electron chi connectivity index (χ3n) is 3.25. The van der Waals surface area contributed by atoms with Crippen LogP contribution in [0.15, 0.2) is 40.9 Å². The average molecular weight is 358 g/mol. The first kappa shape index (κ1) is 15.4. The van der Waals surface area contributed by atoms with Crippen molar-refractivity contribution >= 4 is 27.5 Å². The van der Waals surface area contributed by atoms with Gasteiger partial charge in [0.2, 0.25) is 0 Å². The van der Waals surface area contributed by atoms with Gasteiger partial charge < -0.3 is 0 Å². The van der Waals surface area contributed by atoms with E-state index < -0.39 is 0 Å². The van der Waals surface area contributed by atoms with Crippen LogP contribution in [0.1, 0.15) is 22.7 Å². The van der Waals surface area contributed by atoms with Crippen molar-refractivity contribution in [3.05, 3.63) is 68.4 Å². The predicted octanol–water partition coefficient (Wildman–Crippen LogP) is 4.30. The van der Waals surface area contributed by atoms with Crippen molar-refractivity contribution in [1.29, 1.82) is 0 Å². The smallest absolute Gasteiger partial charge is 0.124 e. The van der Waals surface area contributed by atoms with Crippen molar-refractivity contribution in [3.63, 3.8) is 0 Å². The van der Waals surface area contributed by atoms with E-state index in [0.717, 1.165) is 16.7 Å². The molecule has 5 heteroatoms. The molecule has 0 bridgehead atoms. The van der Waals surface area contributed by atoms with Gasteiger partial charge in [-0.1, -0.05) is 39.7 Å². The summed E-state index contributed by atoms with van der Waals surface area (Å²) >= 11 is 9.43. The van der Waals surface area contributed by atoms with Crippen LogP contribution in [-0.4, -0.2) is 0 Å². The average Bonchev–Trinajstić information content (AvgIpc) is 2.38. The molecule has 1 atom stereocenters. The largest absolute Gasteiger partial charge is 0.271 e. The van der Waals surface area contributed by atoms with Crippen molar-refractivity contribution in [2.24, 2.45) is 5.84 Å². The van der Waals surface area contributed by atoms with E-state index in [1.807, 2.05) is 31.2 Å². The normalized spacial score (nSPS) is 12.4. The Morgan fingerprint density at radius 1 is 1.35 bits per heavy atom. The molecule has 0 aliphatic carbocycles. The van der Waals surface area contributed by atoms with Crippen LogP contribution in [0.4, 0.5) is 4.39 Å². The topological polar surface area (TPSA) is 38.0 Å². The maximum absolute atomic E-state index is 13.4. The van der Waals surface area contributed by atoms with Crippen LogP contribution in [0.25, 0.3) is 0 Å². The molecule has 0 saturated heterocycles. The summed E-state index contributed by atoms with van der Waals surface area (Å²) < 4.78 is 14.1. The molecule has 0 heterocycles. The first-order valence-corrected chi connectivity index (χ1v) is 7.34. The number of hydrogen-bond acceptors (Lipinski definition) is 2. The van der Waals surface area contributed by atoms with Crippen molar-refractivity contribution in [2.45, 2.75) is 19.4 Å². The molecule has 0 aromatic heterocycles. The fourth-order valence-electron chi connectivity index (χ4n) is 2.22. The number of hydrazine groups is 1. The zero-order valence-electron chi connectivity index (χ0n) is 11.0. The van der Waals surface area contributed by atoms with Crippen LogP contribution in [0.3, 0.4) is 0 Å². The zero-order valence-corrected chi connectivity index (χ0v) is 13.3. The fourth-order valence-corrected chi connectivity index (χ4v) is 2.92. The van der Waals surface area contributed by atoms with Gasteiger partial charge in [0.15, 0.2) is 0 Å². The van der Waals surface area contributed by atoms with Crippen LogP contribution < -0.4 is 11.3 Å². The van der Waals surface area contributed by atoms with Gasteiger partial charge in [-0.3, -0.25) is 11.3 Å². The van der Waals surface area contributed by atoms with E-state index in [0.29, 0.717) is 15.9 Å². The van der Waals surface area contributed by atoms with E-state index in [1.54, 1.807) is 0 Å². The van der Waals surface area contributed by atoms with E-state index in [2.05, 4.69) is 21.4 Å². The number of rotatable bonds is 4. The molecule has 0 aliphatic rings. The van der Waals surface area contributed by atoms with Gasteiger partial charge in [0.1, 0.15) is 5.82 Å². The summed E-state index contributed by atoms with van der Waals surface area (Å²) in [6, 6.07) is 10.4. The Labute approximate surface area is 131 Å². The van der Waals surface area contributed by atoms with Gasteiger partial charge in [-0.05, 0) is 54.3 Å². The Balaban J connectivity index is 2.31. The molecule has 2 aromatic carbocycles. The van der Waals surface area contributed by atoms with Crippen molar-refractivity contribution < 1.29 is 4.39 Å². The first-order chi connectivity index (χ1) is 9.51. The Hall–Kier alpha value is -0.940. The van der Waals surface area contributed by atoms with Crippen LogP contribution >= 0.6 is 27.5 Å². The monoisotopic (exact) mass is 356 g/mol. The van der Waals surface area contributed by atoms with Crippen molar-refractivity contribution in [2.75, 3.05) is 0 Å². The molecular formula is C15H15BrClFN2. The lowest BCUT2D eigenvalue weighted by Crippen LogP contribution is -2.30. The molecule has 106 valence electrons. The number of benzene rings is 2. The van der Waals surface area contributed by atoms with Crippen LogP contribution in [0.2, 0.25) is 5.02 Å². The van der Waals surface area contributed by atoms with E-state index in [9.17, 15) is 4.39 Å². The lowest BCUT2D eigenvalue weighted by Gasteiger charge is -2.19. The van der Waals surface area contributed by atoms with Gasteiger partial charge >= 0.3 is 0 Å². The lowest BCUT2D eigenvalue weighted by atomic mass is 9.96. The molecule has 2 nitrogen and oxygen atoms in total. The minimum absolute atomic E-state index is 0.123. The molecule has 0 amide bonds. The molecule has 0 saturated carbocycles. The highest BCUT2D eigenvalue weighted by Crippen LogP contribution is 2.27. The molecule has 1 unspecified atom stereocenters. The van der Waals surface area contributed by atoms with Gasteiger partial charge in [0.25, 0.3) is 0 Å². The van der Waals surface area contributed by atoms with E-state index in [-0.39, 0.29) is 11.9 Å². The Bertz CT molecular complexity index is 599. The van der Waals surface area contributed by atoms with Crippen LogP contribution in [-0.2, 0) is 6.42 Å². The van der Waals surface area contributed by atoms with Gasteiger partial charge in [0, 0.05) is 9.50 Å². The molecule has 0 spiro atoms. The minimum Gasteiger partial charge on any atom is -0.271 e. The highest BCUT2D eigenvalue weighted by atomic mass is 79.9. The van der Waals surface area contributed by atoms with Crippen LogP contribution in [0.5, 0.6) is 0 Å². The lowest BCUT2D eigenvalue weighted by molar-refractivity contribution is 0.546. The summed E-state index contributed by atoms with van der Waals surface area (Å²) in [5.74, 6) is 5.38. The summed E-state index contributed by atoms with van der Waals surface area (Å²) in [6.45, 7) is 1.95. The Morgan fingerprint density at radius 3 is 2.75 bits per heavy atom. The van der Waals surface area contributed by atoms with E-state index >= 15 is 0 Å². The SMILES string of the molecule is Cc1c(Cl)cccc1C(Cc1cc(F)cc(Br)c1)NN. The van der Waals surface area contributed by atoms with Gasteiger partial charge in [-0.25, -0.2) is 4.39 Å². The Kier molecular flexibility index (Phi) is 5.16. The second-order valence-corrected chi connectivity index (χ2v) is 5.98. The number of halogens is 3. The quantitative estimate of drug-likeness (QED) is 0.632. The second kappa shape index (κ2) is 6.68. The fraction of sp³-hybridized carbons (Fsp3) is 0.200. The summed E-state index contributed by atoms with van der Waals surface area (Å²) in [5, 5.41) is 0.697. The third-order valence-corrected chi connectivity index (χ3v) is 4.12. The highest BCUT2D eigenvalue weighted by molar-refractivity contribution is 9.10. The minimum atomic E-state index is -0.270. The Morgan fingerprint density at radius 2 is 2.10 bits per heavy atom. The first-order valence-electron chi connectivity index (χ1n) is 6.17. The van der Waals surface area contributed by atoms with Gasteiger partial charge in [-0.2, -0.15) is 0 Å². The molecule has 20 heavy (non-hydrogen) atoms. The summed E-state index contributed by atoms with van der Waals surface area (Å²) in [4.78, 5) is 0. The molecule has 3 N–H and O–H groups in total. The zero-order chi connectivity index (χ0) is 14.7. The predicted molar refractivity (Wildman–Crippen MR) is 84.1 cm³/mol. The number of nitrogens with two attached hydrogens (primary N) is 1. The summed E-state index contributed by atoms with van der Waals surface area (Å²) in [5.41, 5.74) is 5.63. The second-order valence-electron chi connectivity index (χ2n) is 4.66. The summed E-state index contributed by atoms with van der Waals surface area (Å²) in [7, 11) is 0. The molecule has 2 rings (SSSR count). The maximum atomic E-state index is 13.4. The van der Waals surface area contributed by atoms with Gasteiger partial charge in [-0.15, -0.1) is 0 Å². The molecule has 0 aliphatic heterocycles. The van der Waals surface area contributed by atoms with E-state index in [4.69, 9.17) is 17.4 Å². The highest BCUT2D eigenvalue weighted by Gasteiger charge is 2.15. The maximum Gasteiger partial charge on any atom is 0.124 e. The number of nitrogens with one attached hydrogen (secondary N) is 1. The number of hydrogen-bond donors (Lipinski definition) is 2. The van der Waals surface area contributed by atoms with Crippen molar-refractivity contribution in [3.8, 4) is 0 Å². The van der Waals surface area contributed by atoms with Crippen molar-refractivity contribution in [1.82, 2.24) is 5.43 Å². The van der Waals surface area contributed by atoms with Gasteiger partial charge in [0.05, 0.1) is 6.04 Å². The molecule has 0 fully saturated rings. The summed E-state index contributed by atoms with van der Waals surface area (Å²) in [6.07, 6.45) is 0.577.